The average molecular weight is 480 g/mol. The second-order valence-corrected chi connectivity index (χ2v) is 9.49. The molecule has 1 aromatic heterocycles. The molecule has 0 radical (unpaired) electrons. The molecule has 0 fully saturated rings. The Kier molecular flexibility index (Phi) is 5.84. The maximum atomic E-state index is 13.5. The van der Waals surface area contributed by atoms with Crippen LogP contribution in [-0.4, -0.2) is 36.2 Å². The Hall–Kier alpha value is -3.82. The topological polar surface area (TPSA) is 105 Å². The fourth-order valence-corrected chi connectivity index (χ4v) is 4.43. The molecule has 0 atom stereocenters. The molecule has 0 bridgehead atoms. The van der Waals surface area contributed by atoms with Gasteiger partial charge in [-0.2, -0.15) is 13.0 Å². The number of para-hydroxylation sites is 2. The highest BCUT2D eigenvalue weighted by Gasteiger charge is 2.26. The molecule has 3 aromatic carbocycles. The van der Waals surface area contributed by atoms with Crippen molar-refractivity contribution in [1.29, 1.82) is 0 Å². The van der Waals surface area contributed by atoms with Crippen LogP contribution in [0.3, 0.4) is 0 Å². The quantitative estimate of drug-likeness (QED) is 0.158. The van der Waals surface area contributed by atoms with Crippen molar-refractivity contribution in [2.24, 2.45) is 7.05 Å². The van der Waals surface area contributed by atoms with Gasteiger partial charge in [-0.15, -0.1) is 0 Å². The summed E-state index contributed by atoms with van der Waals surface area (Å²) in [6.07, 6.45) is 0. The van der Waals surface area contributed by atoms with Crippen LogP contribution in [0.5, 0.6) is 5.75 Å². The normalized spacial score (nSPS) is 11.6. The average Bonchev–Trinajstić information content (AvgIpc) is 2.80. The number of aromatic nitrogens is 1. The van der Waals surface area contributed by atoms with Gasteiger partial charge in [0.1, 0.15) is 12.8 Å². The lowest BCUT2D eigenvalue weighted by Gasteiger charge is -2.16. The van der Waals surface area contributed by atoms with Crippen molar-refractivity contribution in [1.82, 2.24) is 4.31 Å². The molecule has 34 heavy (non-hydrogen) atoms. The van der Waals surface area contributed by atoms with E-state index >= 15 is 0 Å². The molecular weight excluding hydrogens is 456 g/mol. The summed E-state index contributed by atoms with van der Waals surface area (Å²) >= 11 is 0. The predicted molar refractivity (Wildman–Crippen MR) is 127 cm³/mol. The molecule has 0 aliphatic rings. The van der Waals surface area contributed by atoms with E-state index in [0.29, 0.717) is 16.7 Å². The third kappa shape index (κ3) is 4.00. The lowest BCUT2D eigenvalue weighted by atomic mass is 10.0. The third-order valence-electron chi connectivity index (χ3n) is 5.81. The lowest BCUT2D eigenvalue weighted by molar-refractivity contribution is -0.617. The van der Waals surface area contributed by atoms with Gasteiger partial charge in [0.2, 0.25) is 11.0 Å². The van der Waals surface area contributed by atoms with Gasteiger partial charge in [-0.25, -0.2) is 9.10 Å². The summed E-state index contributed by atoms with van der Waals surface area (Å²) in [6, 6.07) is 18.0. The Morgan fingerprint density at radius 1 is 0.912 bits per heavy atom. The number of carbonyl (C=O) groups excluding carboxylic acids is 2. The van der Waals surface area contributed by atoms with Crippen LogP contribution in [-0.2, 0) is 17.4 Å². The smallest absolute Gasteiger partial charge is 0.362 e. The van der Waals surface area contributed by atoms with Gasteiger partial charge in [0, 0.05) is 24.7 Å². The number of amides is 1. The highest BCUT2D eigenvalue weighted by Crippen LogP contribution is 2.30. The van der Waals surface area contributed by atoms with Gasteiger partial charge in [-0.3, -0.25) is 9.35 Å². The largest absolute Gasteiger partial charge is 0.422 e. The Labute approximate surface area is 196 Å². The zero-order valence-electron chi connectivity index (χ0n) is 19.1. The number of hydrogen-bond donors (Lipinski definition) is 1. The number of carbonyl (C=O) groups is 2. The number of ether oxygens (including phenoxy) is 1. The highest BCUT2D eigenvalue weighted by atomic mass is 32.2. The Morgan fingerprint density at radius 2 is 1.38 bits per heavy atom. The van der Waals surface area contributed by atoms with Crippen LogP contribution < -0.4 is 9.30 Å². The first-order valence-electron chi connectivity index (χ1n) is 10.4. The summed E-state index contributed by atoms with van der Waals surface area (Å²) in [4.78, 5) is 25.9. The molecule has 9 heteroatoms. The lowest BCUT2D eigenvalue weighted by Crippen LogP contribution is -2.32. The van der Waals surface area contributed by atoms with Gasteiger partial charge >= 0.3 is 16.3 Å². The van der Waals surface area contributed by atoms with Crippen molar-refractivity contribution in [3.8, 4) is 5.75 Å². The van der Waals surface area contributed by atoms with Gasteiger partial charge in [-0.1, -0.05) is 24.3 Å². The van der Waals surface area contributed by atoms with Crippen molar-refractivity contribution in [2.45, 2.75) is 13.8 Å². The van der Waals surface area contributed by atoms with Gasteiger partial charge < -0.3 is 4.74 Å². The SMILES string of the molecule is Cc1cc(C(=O)N(C)S(=O)(=O)O)cc(C)c1OC(=O)c1c2ccccc2[n+](C)c2ccccc12. The predicted octanol–water partition coefficient (Wildman–Crippen LogP) is 3.53. The Bertz CT molecular complexity index is 1510. The van der Waals surface area contributed by atoms with Crippen LogP contribution in [0.25, 0.3) is 21.8 Å². The number of hydrogen-bond acceptors (Lipinski definition) is 5. The molecule has 4 aromatic rings. The molecule has 8 nitrogen and oxygen atoms in total. The van der Waals surface area contributed by atoms with Gasteiger partial charge in [-0.05, 0) is 49.2 Å². The number of rotatable bonds is 4. The summed E-state index contributed by atoms with van der Waals surface area (Å²) in [7, 11) is -1.79. The molecule has 0 spiro atoms. The zero-order valence-corrected chi connectivity index (χ0v) is 19.9. The molecule has 0 aliphatic heterocycles. The van der Waals surface area contributed by atoms with Crippen molar-refractivity contribution in [3.63, 3.8) is 0 Å². The van der Waals surface area contributed by atoms with E-state index < -0.39 is 22.2 Å². The molecule has 174 valence electrons. The van der Waals surface area contributed by atoms with E-state index in [4.69, 9.17) is 9.29 Å². The van der Waals surface area contributed by atoms with Crippen molar-refractivity contribution in [2.75, 3.05) is 7.05 Å². The zero-order chi connectivity index (χ0) is 24.8. The molecule has 1 amide bonds. The standard InChI is InChI=1S/C25H22N2O6S/c1-15-13-17(24(28)27(4)34(30,31)32)14-16(2)23(15)33-25(29)22-18-9-5-7-11-20(18)26(3)21-12-8-6-10-19(21)22/h5-14H,1-4H3/p+1. The first kappa shape index (κ1) is 23.3. The molecule has 1 N–H and O–H groups in total. The second kappa shape index (κ2) is 8.51. The molecular formula is C25H23N2O6S+. The number of aryl methyl sites for hydroxylation is 3. The van der Waals surface area contributed by atoms with Crippen molar-refractivity contribution < 1.29 is 31.9 Å². The van der Waals surface area contributed by atoms with E-state index in [1.165, 1.54) is 12.1 Å². The second-order valence-electron chi connectivity index (χ2n) is 8.05. The summed E-state index contributed by atoms with van der Waals surface area (Å²) in [6.45, 7) is 3.31. The summed E-state index contributed by atoms with van der Waals surface area (Å²) in [5.41, 5.74) is 3.14. The number of fused-ring (bicyclic) bond motifs is 2. The minimum absolute atomic E-state index is 0.0394. The van der Waals surface area contributed by atoms with E-state index in [-0.39, 0.29) is 15.6 Å². The monoisotopic (exact) mass is 479 g/mol. The number of pyridine rings is 1. The van der Waals surface area contributed by atoms with Crippen molar-refractivity contribution >= 4 is 44.0 Å². The first-order chi connectivity index (χ1) is 16.0. The van der Waals surface area contributed by atoms with E-state index in [9.17, 15) is 18.0 Å². The van der Waals surface area contributed by atoms with Crippen LogP contribution >= 0.6 is 0 Å². The highest BCUT2D eigenvalue weighted by molar-refractivity contribution is 7.84. The number of esters is 1. The molecule has 0 saturated heterocycles. The van der Waals surface area contributed by atoms with E-state index in [1.54, 1.807) is 13.8 Å². The Morgan fingerprint density at radius 3 is 1.85 bits per heavy atom. The fraction of sp³-hybridized carbons (Fsp3) is 0.160. The van der Waals surface area contributed by atoms with Crippen molar-refractivity contribution in [3.05, 3.63) is 82.9 Å². The molecule has 0 unspecified atom stereocenters. The molecule has 4 rings (SSSR count). The minimum atomic E-state index is -4.69. The van der Waals surface area contributed by atoms with Gasteiger partial charge in [0.15, 0.2) is 0 Å². The molecule has 0 saturated carbocycles. The maximum absolute atomic E-state index is 13.5. The van der Waals surface area contributed by atoms with Crippen LogP contribution in [0, 0.1) is 13.8 Å². The maximum Gasteiger partial charge on any atom is 0.362 e. The third-order valence-corrected chi connectivity index (χ3v) is 6.67. The van der Waals surface area contributed by atoms with E-state index in [2.05, 4.69) is 0 Å². The molecule has 0 aliphatic carbocycles. The van der Waals surface area contributed by atoms with Crippen LogP contribution in [0.2, 0.25) is 0 Å². The minimum Gasteiger partial charge on any atom is -0.422 e. The Balaban J connectivity index is 1.80. The van der Waals surface area contributed by atoms with Crippen LogP contribution in [0.4, 0.5) is 0 Å². The molecule has 1 heterocycles. The van der Waals surface area contributed by atoms with Gasteiger partial charge in [0.05, 0.1) is 16.3 Å². The summed E-state index contributed by atoms with van der Waals surface area (Å²) in [5, 5.41) is 1.48. The number of benzene rings is 3. The van der Waals surface area contributed by atoms with E-state index in [0.717, 1.165) is 28.9 Å². The fourth-order valence-electron chi connectivity index (χ4n) is 4.11. The van der Waals surface area contributed by atoms with Crippen LogP contribution in [0.1, 0.15) is 31.8 Å². The summed E-state index contributed by atoms with van der Waals surface area (Å²) in [5.74, 6) is -1.18. The summed E-state index contributed by atoms with van der Waals surface area (Å²) < 4.78 is 39.9. The van der Waals surface area contributed by atoms with E-state index in [1.807, 2.05) is 60.1 Å². The van der Waals surface area contributed by atoms with Gasteiger partial charge in [0.25, 0.3) is 5.91 Å². The number of nitrogens with zero attached hydrogens (tertiary/aromatic N) is 2. The van der Waals surface area contributed by atoms with Crippen LogP contribution in [0.15, 0.2) is 60.7 Å². The first-order valence-corrected chi connectivity index (χ1v) is 11.8.